The molecule has 1 atom stereocenters. The first-order chi connectivity index (χ1) is 8.63. The van der Waals surface area contributed by atoms with Crippen LogP contribution in [0.2, 0.25) is 0 Å². The fraction of sp³-hybridized carbons (Fsp3) is 0.467. The van der Waals surface area contributed by atoms with Gasteiger partial charge >= 0.3 is 0 Å². The van der Waals surface area contributed by atoms with E-state index in [-0.39, 0.29) is 0 Å². The molecule has 0 amide bonds. The van der Waals surface area contributed by atoms with Gasteiger partial charge in [-0.25, -0.2) is 0 Å². The quantitative estimate of drug-likeness (QED) is 0.816. The number of aromatic nitrogens is 2. The molecule has 1 aromatic rings. The number of hydrogen-bond acceptors (Lipinski definition) is 3. The molecule has 0 N–H and O–H groups in total. The van der Waals surface area contributed by atoms with Crippen molar-refractivity contribution in [1.82, 2.24) is 10.2 Å². The van der Waals surface area contributed by atoms with E-state index in [0.29, 0.717) is 11.8 Å². The van der Waals surface area contributed by atoms with Gasteiger partial charge in [-0.15, -0.1) is 0 Å². The van der Waals surface area contributed by atoms with Crippen molar-refractivity contribution in [2.75, 3.05) is 7.11 Å². The summed E-state index contributed by atoms with van der Waals surface area (Å²) in [4.78, 5) is 0. The normalized spacial score (nSPS) is 20.1. The van der Waals surface area contributed by atoms with Crippen LogP contribution in [0.25, 0.3) is 5.57 Å². The molecule has 3 heteroatoms. The van der Waals surface area contributed by atoms with Gasteiger partial charge in [0.05, 0.1) is 12.8 Å². The lowest BCUT2D eigenvalue weighted by Gasteiger charge is -2.26. The highest BCUT2D eigenvalue weighted by Gasteiger charge is 2.24. The van der Waals surface area contributed by atoms with Crippen molar-refractivity contribution >= 4 is 5.57 Å². The molecule has 0 fully saturated rings. The maximum atomic E-state index is 5.62. The summed E-state index contributed by atoms with van der Waals surface area (Å²) >= 11 is 0. The van der Waals surface area contributed by atoms with Crippen molar-refractivity contribution in [2.24, 2.45) is 11.8 Å². The van der Waals surface area contributed by atoms with Crippen LogP contribution in [-0.2, 0) is 4.74 Å². The van der Waals surface area contributed by atoms with E-state index >= 15 is 0 Å². The Morgan fingerprint density at radius 2 is 2.17 bits per heavy atom. The van der Waals surface area contributed by atoms with Crippen LogP contribution in [-0.4, -0.2) is 17.3 Å². The first-order valence-electron chi connectivity index (χ1n) is 6.40. The fourth-order valence-electron chi connectivity index (χ4n) is 2.41. The highest BCUT2D eigenvalue weighted by atomic mass is 16.5. The number of hydrogen-bond donors (Lipinski definition) is 0. The molecule has 1 aliphatic carbocycles. The molecule has 96 valence electrons. The van der Waals surface area contributed by atoms with Gasteiger partial charge in [-0.05, 0) is 36.0 Å². The minimum atomic E-state index is 0.453. The molecule has 0 saturated carbocycles. The summed E-state index contributed by atoms with van der Waals surface area (Å²) in [5, 5.41) is 8.18. The average molecular weight is 244 g/mol. The molecule has 0 aliphatic heterocycles. The van der Waals surface area contributed by atoms with Gasteiger partial charge in [0.25, 0.3) is 0 Å². The topological polar surface area (TPSA) is 35.0 Å². The maximum absolute atomic E-state index is 5.62. The lowest BCUT2D eigenvalue weighted by molar-refractivity contribution is 0.291. The van der Waals surface area contributed by atoms with Crippen LogP contribution in [0.5, 0.6) is 0 Å². The number of nitrogens with zero attached hydrogens (tertiary/aromatic N) is 2. The zero-order valence-corrected chi connectivity index (χ0v) is 11.5. The molecule has 0 radical (unpaired) electrons. The lowest BCUT2D eigenvalue weighted by atomic mass is 9.84. The van der Waals surface area contributed by atoms with E-state index in [2.05, 4.69) is 37.0 Å². The zero-order valence-electron chi connectivity index (χ0n) is 11.5. The summed E-state index contributed by atoms with van der Waals surface area (Å²) in [5.74, 6) is 1.94. The van der Waals surface area contributed by atoms with Crippen LogP contribution in [0.4, 0.5) is 0 Å². The predicted octanol–water partition coefficient (Wildman–Crippen LogP) is 3.46. The molecule has 0 bridgehead atoms. The minimum absolute atomic E-state index is 0.453. The molecule has 0 aromatic carbocycles. The Kier molecular flexibility index (Phi) is 3.80. The molecule has 1 unspecified atom stereocenters. The van der Waals surface area contributed by atoms with Gasteiger partial charge in [0.1, 0.15) is 5.76 Å². The molecular weight excluding hydrogens is 224 g/mol. The second-order valence-electron chi connectivity index (χ2n) is 5.08. The van der Waals surface area contributed by atoms with Crippen molar-refractivity contribution in [3.8, 4) is 0 Å². The Labute approximate surface area is 109 Å². The van der Waals surface area contributed by atoms with Crippen LogP contribution >= 0.6 is 0 Å². The highest BCUT2D eigenvalue weighted by Crippen LogP contribution is 2.37. The van der Waals surface area contributed by atoms with Crippen LogP contribution < -0.4 is 0 Å². The average Bonchev–Trinajstić information content (AvgIpc) is 2.38. The molecule has 3 nitrogen and oxygen atoms in total. The van der Waals surface area contributed by atoms with Crippen molar-refractivity contribution in [3.63, 3.8) is 0 Å². The number of allylic oxidation sites excluding steroid dienone is 3. The first kappa shape index (κ1) is 12.8. The van der Waals surface area contributed by atoms with Crippen LogP contribution in [0.15, 0.2) is 35.7 Å². The summed E-state index contributed by atoms with van der Waals surface area (Å²) in [7, 11) is 1.73. The third kappa shape index (κ3) is 2.45. The predicted molar refractivity (Wildman–Crippen MR) is 72.7 cm³/mol. The van der Waals surface area contributed by atoms with Crippen LogP contribution in [0.3, 0.4) is 0 Å². The van der Waals surface area contributed by atoms with E-state index in [4.69, 9.17) is 4.74 Å². The molecule has 0 saturated heterocycles. The van der Waals surface area contributed by atoms with Gasteiger partial charge in [0.15, 0.2) is 0 Å². The van der Waals surface area contributed by atoms with E-state index < -0.39 is 0 Å². The van der Waals surface area contributed by atoms with Crippen LogP contribution in [0.1, 0.15) is 32.9 Å². The number of rotatable bonds is 3. The largest absolute Gasteiger partial charge is 0.496 e. The summed E-state index contributed by atoms with van der Waals surface area (Å²) in [6, 6.07) is 3.91. The van der Waals surface area contributed by atoms with Gasteiger partial charge in [-0.2, -0.15) is 10.2 Å². The smallest absolute Gasteiger partial charge is 0.127 e. The van der Waals surface area contributed by atoms with Crippen molar-refractivity contribution in [2.45, 2.75) is 27.2 Å². The molecule has 2 rings (SSSR count). The molecule has 18 heavy (non-hydrogen) atoms. The summed E-state index contributed by atoms with van der Waals surface area (Å²) in [5.41, 5.74) is 3.37. The zero-order chi connectivity index (χ0) is 13.1. The Hall–Kier alpha value is -1.64. The van der Waals surface area contributed by atoms with E-state index in [1.165, 1.54) is 11.1 Å². The number of ether oxygens (including phenoxy) is 1. The van der Waals surface area contributed by atoms with E-state index in [9.17, 15) is 0 Å². The van der Waals surface area contributed by atoms with Gasteiger partial charge in [-0.3, -0.25) is 0 Å². The Balaban J connectivity index is 2.51. The summed E-state index contributed by atoms with van der Waals surface area (Å²) in [6.45, 7) is 6.61. The minimum Gasteiger partial charge on any atom is -0.496 e. The SMILES string of the molecule is COC1=C(c2cccnn2)CC(C)C=C1C(C)C. The van der Waals surface area contributed by atoms with Gasteiger partial charge in [-0.1, -0.05) is 26.8 Å². The maximum Gasteiger partial charge on any atom is 0.127 e. The molecule has 1 aromatic heterocycles. The molecule has 1 aliphatic rings. The third-order valence-electron chi connectivity index (χ3n) is 3.23. The standard InChI is InChI=1S/C15H20N2O/c1-10(2)12-8-11(3)9-13(15(12)18-4)14-6-5-7-16-17-14/h5-8,10-11H,9H2,1-4H3. The fourth-order valence-corrected chi connectivity index (χ4v) is 2.41. The van der Waals surface area contributed by atoms with Gasteiger partial charge in [0, 0.05) is 11.8 Å². The van der Waals surface area contributed by atoms with Crippen molar-refractivity contribution in [1.29, 1.82) is 0 Å². The third-order valence-corrected chi connectivity index (χ3v) is 3.23. The molecule has 0 spiro atoms. The van der Waals surface area contributed by atoms with E-state index in [0.717, 1.165) is 17.9 Å². The Bertz CT molecular complexity index is 475. The van der Waals surface area contributed by atoms with Crippen LogP contribution in [0, 0.1) is 11.8 Å². The number of methoxy groups -OCH3 is 1. The Morgan fingerprint density at radius 3 is 2.72 bits per heavy atom. The summed E-state index contributed by atoms with van der Waals surface area (Å²) < 4.78 is 5.62. The van der Waals surface area contributed by atoms with Crippen molar-refractivity contribution in [3.05, 3.63) is 41.4 Å². The lowest BCUT2D eigenvalue weighted by Crippen LogP contribution is -2.13. The van der Waals surface area contributed by atoms with E-state index in [1.54, 1.807) is 13.3 Å². The highest BCUT2D eigenvalue weighted by molar-refractivity contribution is 5.70. The second-order valence-corrected chi connectivity index (χ2v) is 5.08. The van der Waals surface area contributed by atoms with Gasteiger partial charge in [0.2, 0.25) is 0 Å². The molecular formula is C15H20N2O. The van der Waals surface area contributed by atoms with E-state index in [1.807, 2.05) is 12.1 Å². The monoisotopic (exact) mass is 244 g/mol. The molecule has 1 heterocycles. The Morgan fingerprint density at radius 1 is 1.39 bits per heavy atom. The first-order valence-corrected chi connectivity index (χ1v) is 6.40. The van der Waals surface area contributed by atoms with Crippen molar-refractivity contribution < 1.29 is 4.74 Å². The van der Waals surface area contributed by atoms with Gasteiger partial charge < -0.3 is 4.74 Å². The summed E-state index contributed by atoms with van der Waals surface area (Å²) in [6.07, 6.45) is 4.96. The second kappa shape index (κ2) is 5.34.